The van der Waals surface area contributed by atoms with Crippen LogP contribution in [0.4, 0.5) is 16.0 Å². The molecule has 2 aromatic carbocycles. The summed E-state index contributed by atoms with van der Waals surface area (Å²) < 4.78 is 13.6. The number of nitrogens with zero attached hydrogens (tertiary/aromatic N) is 2. The normalized spacial score (nSPS) is 10.4. The monoisotopic (exact) mass is 350 g/mol. The Morgan fingerprint density at radius 1 is 1.08 bits per heavy atom. The number of anilines is 2. The minimum absolute atomic E-state index is 0.235. The van der Waals surface area contributed by atoms with Gasteiger partial charge in [0.2, 0.25) is 5.95 Å². The minimum atomic E-state index is -0.307. The van der Waals surface area contributed by atoms with Crippen molar-refractivity contribution >= 4 is 17.5 Å². The molecule has 0 radical (unpaired) electrons. The molecule has 26 heavy (non-hydrogen) atoms. The van der Waals surface area contributed by atoms with Crippen LogP contribution < -0.4 is 10.6 Å². The smallest absolute Gasteiger partial charge is 0.274 e. The Hall–Kier alpha value is -3.28. The molecule has 3 aromatic rings. The number of aryl methyl sites for hydroxylation is 1. The van der Waals surface area contributed by atoms with Crippen molar-refractivity contribution < 1.29 is 9.18 Å². The number of hydrogen-bond donors (Lipinski definition) is 2. The van der Waals surface area contributed by atoms with Gasteiger partial charge < -0.3 is 10.6 Å². The predicted molar refractivity (Wildman–Crippen MR) is 99.8 cm³/mol. The maximum Gasteiger partial charge on any atom is 0.274 e. The summed E-state index contributed by atoms with van der Waals surface area (Å²) in [7, 11) is 0. The summed E-state index contributed by atoms with van der Waals surface area (Å²) in [5, 5.41) is 5.86. The molecule has 1 amide bonds. The number of hydrogen-bond acceptors (Lipinski definition) is 4. The van der Waals surface area contributed by atoms with E-state index in [-0.39, 0.29) is 17.4 Å². The number of amides is 1. The van der Waals surface area contributed by atoms with E-state index >= 15 is 0 Å². The van der Waals surface area contributed by atoms with Crippen molar-refractivity contribution in [2.24, 2.45) is 0 Å². The van der Waals surface area contributed by atoms with Crippen molar-refractivity contribution in [3.63, 3.8) is 0 Å². The van der Waals surface area contributed by atoms with E-state index < -0.39 is 0 Å². The van der Waals surface area contributed by atoms with Gasteiger partial charge >= 0.3 is 0 Å². The third-order valence-corrected chi connectivity index (χ3v) is 3.92. The van der Waals surface area contributed by atoms with Gasteiger partial charge in [-0.05, 0) is 42.7 Å². The van der Waals surface area contributed by atoms with Gasteiger partial charge in [-0.3, -0.25) is 4.79 Å². The van der Waals surface area contributed by atoms with E-state index in [4.69, 9.17) is 0 Å². The first kappa shape index (κ1) is 17.5. The van der Waals surface area contributed by atoms with Gasteiger partial charge in [0.15, 0.2) is 0 Å². The summed E-state index contributed by atoms with van der Waals surface area (Å²) in [6.07, 6.45) is 2.01. The fourth-order valence-electron chi connectivity index (χ4n) is 2.48. The third kappa shape index (κ3) is 4.42. The van der Waals surface area contributed by atoms with Crippen molar-refractivity contribution in [1.82, 2.24) is 9.97 Å². The zero-order chi connectivity index (χ0) is 18.4. The number of para-hydroxylation sites is 1. The average molecular weight is 350 g/mol. The molecule has 0 atom stereocenters. The maximum absolute atomic E-state index is 13.6. The molecule has 6 heteroatoms. The number of rotatable bonds is 6. The van der Waals surface area contributed by atoms with E-state index in [0.717, 1.165) is 11.3 Å². The molecular weight excluding hydrogens is 331 g/mol. The van der Waals surface area contributed by atoms with Gasteiger partial charge in [0.25, 0.3) is 5.91 Å². The van der Waals surface area contributed by atoms with Crippen LogP contribution in [0.5, 0.6) is 0 Å². The number of halogens is 1. The van der Waals surface area contributed by atoms with Gasteiger partial charge in [-0.1, -0.05) is 36.4 Å². The number of aromatic nitrogens is 2. The Morgan fingerprint density at radius 3 is 2.65 bits per heavy atom. The number of carbonyl (C=O) groups is 1. The Bertz CT molecular complexity index is 914. The van der Waals surface area contributed by atoms with Crippen LogP contribution in [0.1, 0.15) is 21.6 Å². The summed E-state index contributed by atoms with van der Waals surface area (Å²) in [4.78, 5) is 20.7. The topological polar surface area (TPSA) is 66.9 Å². The van der Waals surface area contributed by atoms with Gasteiger partial charge in [0.05, 0.1) is 0 Å². The summed E-state index contributed by atoms with van der Waals surface area (Å²) in [5.74, 6) is -0.209. The fraction of sp³-hybridized carbons (Fsp3) is 0.150. The lowest BCUT2D eigenvalue weighted by Gasteiger charge is -2.09. The van der Waals surface area contributed by atoms with Crippen LogP contribution in [0.15, 0.2) is 60.8 Å². The molecule has 1 aromatic heterocycles. The lowest BCUT2D eigenvalue weighted by atomic mass is 10.1. The standard InChI is InChI=1S/C20H19FN4O/c1-14-6-2-5-9-17(14)24-19(26)18-11-13-23-20(25-18)22-12-10-15-7-3-4-8-16(15)21/h2-9,11,13H,10,12H2,1H3,(H,24,26)(H,22,23,25). The van der Waals surface area contributed by atoms with E-state index in [1.165, 1.54) is 12.3 Å². The molecule has 0 aliphatic heterocycles. The Morgan fingerprint density at radius 2 is 1.85 bits per heavy atom. The highest BCUT2D eigenvalue weighted by Gasteiger charge is 2.10. The second kappa shape index (κ2) is 8.20. The van der Waals surface area contributed by atoms with Crippen molar-refractivity contribution in [2.75, 3.05) is 17.2 Å². The quantitative estimate of drug-likeness (QED) is 0.709. The molecule has 0 spiro atoms. The molecule has 2 N–H and O–H groups in total. The zero-order valence-corrected chi connectivity index (χ0v) is 14.4. The Balaban J connectivity index is 1.62. The summed E-state index contributed by atoms with van der Waals surface area (Å²) in [6.45, 7) is 2.38. The SMILES string of the molecule is Cc1ccccc1NC(=O)c1ccnc(NCCc2ccccc2F)n1. The predicted octanol–water partition coefficient (Wildman–Crippen LogP) is 3.83. The van der Waals surface area contributed by atoms with Crippen LogP contribution >= 0.6 is 0 Å². The van der Waals surface area contributed by atoms with E-state index in [2.05, 4.69) is 20.6 Å². The molecule has 3 rings (SSSR count). The Kier molecular flexibility index (Phi) is 5.53. The van der Waals surface area contributed by atoms with Gasteiger partial charge in [-0.25, -0.2) is 14.4 Å². The van der Waals surface area contributed by atoms with Gasteiger partial charge in [0, 0.05) is 18.4 Å². The largest absolute Gasteiger partial charge is 0.354 e. The highest BCUT2D eigenvalue weighted by atomic mass is 19.1. The molecule has 0 unspecified atom stereocenters. The van der Waals surface area contributed by atoms with E-state index in [0.29, 0.717) is 24.5 Å². The van der Waals surface area contributed by atoms with Crippen LogP contribution in [0.25, 0.3) is 0 Å². The highest BCUT2D eigenvalue weighted by Crippen LogP contribution is 2.14. The second-order valence-corrected chi connectivity index (χ2v) is 5.80. The van der Waals surface area contributed by atoms with Crippen LogP contribution in [-0.4, -0.2) is 22.4 Å². The molecule has 0 bridgehead atoms. The lowest BCUT2D eigenvalue weighted by molar-refractivity contribution is 0.102. The lowest BCUT2D eigenvalue weighted by Crippen LogP contribution is -2.16. The number of benzene rings is 2. The second-order valence-electron chi connectivity index (χ2n) is 5.80. The van der Waals surface area contributed by atoms with Crippen molar-refractivity contribution in [1.29, 1.82) is 0 Å². The first-order valence-corrected chi connectivity index (χ1v) is 8.31. The molecule has 0 aliphatic rings. The first-order chi connectivity index (χ1) is 12.6. The van der Waals surface area contributed by atoms with Crippen LogP contribution in [-0.2, 0) is 6.42 Å². The Labute approximate surface area is 151 Å². The van der Waals surface area contributed by atoms with Crippen LogP contribution in [0.2, 0.25) is 0 Å². The van der Waals surface area contributed by atoms with Gasteiger partial charge in [-0.15, -0.1) is 0 Å². The molecule has 0 saturated heterocycles. The summed E-state index contributed by atoms with van der Waals surface area (Å²) in [5.41, 5.74) is 2.59. The maximum atomic E-state index is 13.6. The number of carbonyl (C=O) groups excluding carboxylic acids is 1. The minimum Gasteiger partial charge on any atom is -0.354 e. The van der Waals surface area contributed by atoms with Crippen molar-refractivity contribution in [3.8, 4) is 0 Å². The van der Waals surface area contributed by atoms with E-state index in [1.807, 2.05) is 31.2 Å². The molecule has 0 aliphatic carbocycles. The van der Waals surface area contributed by atoms with Crippen molar-refractivity contribution in [3.05, 3.63) is 83.4 Å². The summed E-state index contributed by atoms with van der Waals surface area (Å²) >= 11 is 0. The number of nitrogens with one attached hydrogen (secondary N) is 2. The molecule has 1 heterocycles. The molecule has 0 fully saturated rings. The molecule has 0 saturated carbocycles. The first-order valence-electron chi connectivity index (χ1n) is 8.31. The van der Waals surface area contributed by atoms with Crippen molar-refractivity contribution in [2.45, 2.75) is 13.3 Å². The summed E-state index contributed by atoms with van der Waals surface area (Å²) in [6, 6.07) is 15.7. The fourth-order valence-corrected chi connectivity index (χ4v) is 2.48. The van der Waals surface area contributed by atoms with Gasteiger partial charge in [-0.2, -0.15) is 0 Å². The third-order valence-electron chi connectivity index (χ3n) is 3.92. The highest BCUT2D eigenvalue weighted by molar-refractivity contribution is 6.03. The van der Waals surface area contributed by atoms with Crippen LogP contribution in [0.3, 0.4) is 0 Å². The van der Waals surface area contributed by atoms with Crippen LogP contribution in [0, 0.1) is 12.7 Å². The van der Waals surface area contributed by atoms with E-state index in [9.17, 15) is 9.18 Å². The van der Waals surface area contributed by atoms with Gasteiger partial charge in [0.1, 0.15) is 11.5 Å². The molecule has 5 nitrogen and oxygen atoms in total. The molecular formula is C20H19FN4O. The average Bonchev–Trinajstić information content (AvgIpc) is 2.65. The van der Waals surface area contributed by atoms with E-state index in [1.54, 1.807) is 24.3 Å². The zero-order valence-electron chi connectivity index (χ0n) is 14.4. The molecule has 132 valence electrons.